The van der Waals surface area contributed by atoms with Gasteiger partial charge in [-0.25, -0.2) is 0 Å². The predicted octanol–water partition coefficient (Wildman–Crippen LogP) is 2.93. The van der Waals surface area contributed by atoms with Crippen LogP contribution < -0.4 is 5.32 Å². The second-order valence-electron chi connectivity index (χ2n) is 6.21. The Labute approximate surface area is 138 Å². The van der Waals surface area contributed by atoms with Crippen molar-refractivity contribution < 1.29 is 4.79 Å². The number of rotatable bonds is 7. The number of hydrogen-bond acceptors (Lipinski definition) is 3. The lowest BCUT2D eigenvalue weighted by Gasteiger charge is -2.30. The third-order valence-corrected chi connectivity index (χ3v) is 3.87. The Bertz CT molecular complexity index is 611. The summed E-state index contributed by atoms with van der Waals surface area (Å²) in [6, 6.07) is 12.5. The highest BCUT2D eigenvalue weighted by Crippen LogP contribution is 2.16. The van der Waals surface area contributed by atoms with E-state index >= 15 is 0 Å². The van der Waals surface area contributed by atoms with Gasteiger partial charge in [0.1, 0.15) is 5.69 Å². The minimum Gasteiger partial charge on any atom is -0.349 e. The molecule has 2 rings (SSSR count). The Morgan fingerprint density at radius 3 is 2.43 bits per heavy atom. The number of aromatic nitrogens is 2. The lowest BCUT2D eigenvalue weighted by Crippen LogP contribution is -2.42. The molecule has 0 aliphatic carbocycles. The van der Waals surface area contributed by atoms with Crippen LogP contribution in [0.4, 0.5) is 0 Å². The molecule has 1 aromatic carbocycles. The molecule has 124 valence electrons. The second kappa shape index (κ2) is 7.92. The molecule has 0 aliphatic rings. The molecule has 0 spiro atoms. The zero-order valence-corrected chi connectivity index (χ0v) is 14.3. The van der Waals surface area contributed by atoms with Gasteiger partial charge in [-0.1, -0.05) is 30.3 Å². The smallest absolute Gasteiger partial charge is 0.269 e. The van der Waals surface area contributed by atoms with E-state index in [1.807, 2.05) is 30.3 Å². The fourth-order valence-electron chi connectivity index (χ4n) is 2.70. The molecule has 1 amide bonds. The molecular formula is C18H26N4O. The number of H-pyrrole nitrogens is 1. The molecule has 2 N–H and O–H groups in total. The molecule has 0 atom stereocenters. The number of amides is 1. The maximum Gasteiger partial charge on any atom is 0.269 e. The van der Waals surface area contributed by atoms with Crippen molar-refractivity contribution >= 4 is 5.91 Å². The van der Waals surface area contributed by atoms with Crippen LogP contribution >= 0.6 is 0 Å². The maximum absolute atomic E-state index is 12.2. The van der Waals surface area contributed by atoms with Crippen LogP contribution in [0.2, 0.25) is 0 Å². The van der Waals surface area contributed by atoms with E-state index in [0.29, 0.717) is 24.3 Å². The van der Waals surface area contributed by atoms with Crippen LogP contribution in [0.25, 0.3) is 11.3 Å². The highest BCUT2D eigenvalue weighted by molar-refractivity contribution is 5.93. The first-order chi connectivity index (χ1) is 11.0. The fourth-order valence-corrected chi connectivity index (χ4v) is 2.70. The van der Waals surface area contributed by atoms with E-state index in [1.165, 1.54) is 0 Å². The lowest BCUT2D eigenvalue weighted by molar-refractivity contribution is 0.0934. The maximum atomic E-state index is 12.2. The van der Waals surface area contributed by atoms with Crippen molar-refractivity contribution in [2.75, 3.05) is 13.1 Å². The standard InChI is InChI=1S/C18H26N4O/c1-13(2)22(14(3)4)11-10-19-18(23)17-12-16(20-21-17)15-8-6-5-7-9-15/h5-9,12-14H,10-11H2,1-4H3,(H,19,23)(H,20,21). The molecular weight excluding hydrogens is 288 g/mol. The van der Waals surface area contributed by atoms with Gasteiger partial charge in [-0.15, -0.1) is 0 Å². The van der Waals surface area contributed by atoms with Gasteiger partial charge in [-0.3, -0.25) is 14.8 Å². The van der Waals surface area contributed by atoms with Gasteiger partial charge < -0.3 is 5.32 Å². The van der Waals surface area contributed by atoms with E-state index in [0.717, 1.165) is 17.8 Å². The number of benzene rings is 1. The van der Waals surface area contributed by atoms with Gasteiger partial charge in [0.15, 0.2) is 0 Å². The monoisotopic (exact) mass is 314 g/mol. The number of carbonyl (C=O) groups excluding carboxylic acids is 1. The predicted molar refractivity (Wildman–Crippen MR) is 93.3 cm³/mol. The summed E-state index contributed by atoms with van der Waals surface area (Å²) in [5.74, 6) is -0.118. The van der Waals surface area contributed by atoms with Crippen molar-refractivity contribution in [1.29, 1.82) is 0 Å². The molecule has 0 saturated heterocycles. The molecule has 0 unspecified atom stereocenters. The van der Waals surface area contributed by atoms with Gasteiger partial charge >= 0.3 is 0 Å². The van der Waals surface area contributed by atoms with Gasteiger partial charge in [-0.2, -0.15) is 5.10 Å². The van der Waals surface area contributed by atoms with Crippen LogP contribution in [-0.2, 0) is 0 Å². The van der Waals surface area contributed by atoms with Crippen LogP contribution in [0, 0.1) is 0 Å². The van der Waals surface area contributed by atoms with Gasteiger partial charge in [-0.05, 0) is 33.8 Å². The summed E-state index contributed by atoms with van der Waals surface area (Å²) in [6.07, 6.45) is 0. The summed E-state index contributed by atoms with van der Waals surface area (Å²) in [5.41, 5.74) is 2.26. The van der Waals surface area contributed by atoms with Crippen molar-refractivity contribution in [1.82, 2.24) is 20.4 Å². The van der Waals surface area contributed by atoms with Crippen LogP contribution in [0.3, 0.4) is 0 Å². The topological polar surface area (TPSA) is 61.0 Å². The number of nitrogens with one attached hydrogen (secondary N) is 2. The van der Waals surface area contributed by atoms with Crippen molar-refractivity contribution in [3.8, 4) is 11.3 Å². The Morgan fingerprint density at radius 1 is 1.17 bits per heavy atom. The van der Waals surface area contributed by atoms with E-state index in [1.54, 1.807) is 6.07 Å². The summed E-state index contributed by atoms with van der Waals surface area (Å²) in [6.45, 7) is 10.1. The van der Waals surface area contributed by atoms with Crippen LogP contribution in [-0.4, -0.2) is 46.2 Å². The van der Waals surface area contributed by atoms with Crippen LogP contribution in [0.15, 0.2) is 36.4 Å². The molecule has 0 saturated carbocycles. The Kier molecular flexibility index (Phi) is 5.93. The molecule has 5 nitrogen and oxygen atoms in total. The van der Waals surface area contributed by atoms with E-state index in [9.17, 15) is 4.79 Å². The molecule has 1 aromatic heterocycles. The first-order valence-electron chi connectivity index (χ1n) is 8.13. The SMILES string of the molecule is CC(C)N(CCNC(=O)c1cc(-c2ccccc2)n[nH]1)C(C)C. The van der Waals surface area contributed by atoms with E-state index in [2.05, 4.69) is 48.1 Å². The third-order valence-electron chi connectivity index (χ3n) is 3.87. The van der Waals surface area contributed by atoms with Crippen molar-refractivity contribution in [3.05, 3.63) is 42.1 Å². The van der Waals surface area contributed by atoms with Crippen molar-refractivity contribution in [3.63, 3.8) is 0 Å². The van der Waals surface area contributed by atoms with Gasteiger partial charge in [0.05, 0.1) is 5.69 Å². The first-order valence-corrected chi connectivity index (χ1v) is 8.13. The Balaban J connectivity index is 1.91. The molecule has 1 heterocycles. The normalized spacial score (nSPS) is 11.4. The average Bonchev–Trinajstić information content (AvgIpc) is 3.01. The number of hydrogen-bond donors (Lipinski definition) is 2. The first kappa shape index (κ1) is 17.2. The number of nitrogens with zero attached hydrogens (tertiary/aromatic N) is 2. The molecule has 0 aliphatic heterocycles. The molecule has 2 aromatic rings. The molecule has 0 fully saturated rings. The minimum absolute atomic E-state index is 0.118. The van der Waals surface area contributed by atoms with E-state index in [4.69, 9.17) is 0 Å². The van der Waals surface area contributed by atoms with Gasteiger partial charge in [0.25, 0.3) is 5.91 Å². The Hall–Kier alpha value is -2.14. The lowest BCUT2D eigenvalue weighted by atomic mass is 10.1. The van der Waals surface area contributed by atoms with Crippen LogP contribution in [0.1, 0.15) is 38.2 Å². The summed E-state index contributed by atoms with van der Waals surface area (Å²) < 4.78 is 0. The summed E-state index contributed by atoms with van der Waals surface area (Å²) in [4.78, 5) is 14.6. The second-order valence-corrected chi connectivity index (χ2v) is 6.21. The number of carbonyl (C=O) groups is 1. The average molecular weight is 314 g/mol. The largest absolute Gasteiger partial charge is 0.349 e. The Morgan fingerprint density at radius 2 is 1.83 bits per heavy atom. The highest BCUT2D eigenvalue weighted by Gasteiger charge is 2.14. The molecule has 23 heavy (non-hydrogen) atoms. The van der Waals surface area contributed by atoms with Gasteiger partial charge in [0.2, 0.25) is 0 Å². The van der Waals surface area contributed by atoms with Crippen molar-refractivity contribution in [2.45, 2.75) is 39.8 Å². The highest BCUT2D eigenvalue weighted by atomic mass is 16.1. The summed E-state index contributed by atoms with van der Waals surface area (Å²) in [7, 11) is 0. The molecule has 0 bridgehead atoms. The number of aromatic amines is 1. The molecule has 5 heteroatoms. The molecule has 0 radical (unpaired) electrons. The van der Waals surface area contributed by atoms with E-state index < -0.39 is 0 Å². The summed E-state index contributed by atoms with van der Waals surface area (Å²) >= 11 is 0. The van der Waals surface area contributed by atoms with E-state index in [-0.39, 0.29) is 5.91 Å². The zero-order valence-electron chi connectivity index (χ0n) is 14.3. The fraction of sp³-hybridized carbons (Fsp3) is 0.444. The van der Waals surface area contributed by atoms with Crippen LogP contribution in [0.5, 0.6) is 0 Å². The quantitative estimate of drug-likeness (QED) is 0.826. The third kappa shape index (κ3) is 4.66. The summed E-state index contributed by atoms with van der Waals surface area (Å²) in [5, 5.41) is 9.98. The van der Waals surface area contributed by atoms with Gasteiger partial charge in [0, 0.05) is 30.7 Å². The van der Waals surface area contributed by atoms with Crippen molar-refractivity contribution in [2.24, 2.45) is 0 Å². The zero-order chi connectivity index (χ0) is 16.8. The minimum atomic E-state index is -0.118.